The molecule has 24 heavy (non-hydrogen) atoms. The summed E-state index contributed by atoms with van der Waals surface area (Å²) in [5, 5.41) is 6.30. The Morgan fingerprint density at radius 3 is 3.04 bits per heavy atom. The summed E-state index contributed by atoms with van der Waals surface area (Å²) >= 11 is 0. The molecule has 2 aromatic rings. The third-order valence-electron chi connectivity index (χ3n) is 4.10. The fraction of sp³-hybridized carbons (Fsp3) is 0.368. The fourth-order valence-electron chi connectivity index (χ4n) is 2.76. The van der Waals surface area contributed by atoms with E-state index in [-0.39, 0.29) is 11.9 Å². The van der Waals surface area contributed by atoms with E-state index < -0.39 is 0 Å². The van der Waals surface area contributed by atoms with Gasteiger partial charge in [-0.2, -0.15) is 0 Å². The molecule has 0 bridgehead atoms. The number of rotatable bonds is 6. The predicted molar refractivity (Wildman–Crippen MR) is 92.5 cm³/mol. The predicted octanol–water partition coefficient (Wildman–Crippen LogP) is 2.42. The zero-order valence-electron chi connectivity index (χ0n) is 13.7. The molecule has 0 radical (unpaired) electrons. The van der Waals surface area contributed by atoms with Crippen molar-refractivity contribution in [1.82, 2.24) is 15.6 Å². The van der Waals surface area contributed by atoms with Crippen LogP contribution in [-0.4, -0.2) is 23.5 Å². The van der Waals surface area contributed by atoms with Gasteiger partial charge in [0.25, 0.3) is 0 Å². The van der Waals surface area contributed by atoms with Crippen LogP contribution in [0.1, 0.15) is 30.5 Å². The number of carbonyl (C=O) groups is 1. The Labute approximate surface area is 142 Å². The normalized spacial score (nSPS) is 17.8. The Kier molecular flexibility index (Phi) is 5.80. The number of pyridine rings is 1. The average Bonchev–Trinajstić information content (AvgIpc) is 2.84. The Morgan fingerprint density at radius 2 is 2.17 bits per heavy atom. The molecule has 0 aliphatic carbocycles. The van der Waals surface area contributed by atoms with Crippen molar-refractivity contribution in [3.8, 4) is 5.75 Å². The lowest BCUT2D eigenvalue weighted by molar-refractivity contribution is -0.122. The van der Waals surface area contributed by atoms with Crippen LogP contribution >= 0.6 is 0 Å². The minimum Gasteiger partial charge on any atom is -0.487 e. The summed E-state index contributed by atoms with van der Waals surface area (Å²) < 4.78 is 5.80. The topological polar surface area (TPSA) is 63.2 Å². The first kappa shape index (κ1) is 16.5. The van der Waals surface area contributed by atoms with Crippen molar-refractivity contribution in [2.24, 2.45) is 0 Å². The van der Waals surface area contributed by atoms with Crippen molar-refractivity contribution in [2.75, 3.05) is 6.54 Å². The van der Waals surface area contributed by atoms with Gasteiger partial charge in [-0.1, -0.05) is 18.2 Å². The van der Waals surface area contributed by atoms with E-state index in [1.165, 1.54) is 0 Å². The van der Waals surface area contributed by atoms with Gasteiger partial charge in [-0.15, -0.1) is 0 Å². The fourth-order valence-corrected chi connectivity index (χ4v) is 2.76. The largest absolute Gasteiger partial charge is 0.487 e. The molecule has 0 saturated carbocycles. The highest BCUT2D eigenvalue weighted by molar-refractivity contribution is 5.81. The van der Waals surface area contributed by atoms with Gasteiger partial charge in [0.2, 0.25) is 5.91 Å². The lowest BCUT2D eigenvalue weighted by Gasteiger charge is -2.15. The highest BCUT2D eigenvalue weighted by Gasteiger charge is 2.19. The second kappa shape index (κ2) is 8.45. The van der Waals surface area contributed by atoms with Gasteiger partial charge >= 0.3 is 0 Å². The van der Waals surface area contributed by atoms with E-state index in [2.05, 4.69) is 15.6 Å². The molecule has 126 valence electrons. The molecular formula is C19H23N3O2. The molecular weight excluding hydrogens is 302 g/mol. The first-order chi connectivity index (χ1) is 11.8. The van der Waals surface area contributed by atoms with Crippen molar-refractivity contribution < 1.29 is 9.53 Å². The molecule has 0 spiro atoms. The highest BCUT2D eigenvalue weighted by atomic mass is 16.5. The Hall–Kier alpha value is -2.40. The smallest absolute Gasteiger partial charge is 0.237 e. The van der Waals surface area contributed by atoms with Gasteiger partial charge in [0, 0.05) is 19.3 Å². The van der Waals surface area contributed by atoms with E-state index in [4.69, 9.17) is 4.74 Å². The third-order valence-corrected chi connectivity index (χ3v) is 4.10. The number of amides is 1. The molecule has 5 nitrogen and oxygen atoms in total. The summed E-state index contributed by atoms with van der Waals surface area (Å²) in [7, 11) is 0. The SMILES string of the molecule is O=C1NCCCC[C@H]1NCc1cccc(OCc2ccccn2)c1. The maximum absolute atomic E-state index is 12.0. The molecule has 5 heteroatoms. The molecule has 1 aliphatic rings. The van der Waals surface area contributed by atoms with E-state index in [0.29, 0.717) is 13.2 Å². The first-order valence-corrected chi connectivity index (χ1v) is 8.44. The Balaban J connectivity index is 1.54. The molecule has 1 aliphatic heterocycles. The van der Waals surface area contributed by atoms with Crippen LogP contribution < -0.4 is 15.4 Å². The van der Waals surface area contributed by atoms with Crippen molar-refractivity contribution in [1.29, 1.82) is 0 Å². The van der Waals surface area contributed by atoms with E-state index >= 15 is 0 Å². The van der Waals surface area contributed by atoms with Crippen LogP contribution in [0.15, 0.2) is 48.7 Å². The molecule has 3 rings (SSSR count). The molecule has 1 fully saturated rings. The average molecular weight is 325 g/mol. The lowest BCUT2D eigenvalue weighted by atomic mass is 10.1. The zero-order valence-corrected chi connectivity index (χ0v) is 13.7. The summed E-state index contributed by atoms with van der Waals surface area (Å²) in [6, 6.07) is 13.6. The van der Waals surface area contributed by atoms with Crippen LogP contribution in [-0.2, 0) is 17.9 Å². The van der Waals surface area contributed by atoms with Crippen molar-refractivity contribution >= 4 is 5.91 Å². The summed E-state index contributed by atoms with van der Waals surface area (Å²) in [5.41, 5.74) is 2.00. The van der Waals surface area contributed by atoms with Crippen molar-refractivity contribution in [3.63, 3.8) is 0 Å². The number of hydrogen-bond donors (Lipinski definition) is 2. The molecule has 1 atom stereocenters. The van der Waals surface area contributed by atoms with Gasteiger partial charge in [0.15, 0.2) is 0 Å². The molecule has 1 saturated heterocycles. The van der Waals surface area contributed by atoms with Crippen LogP contribution in [0.4, 0.5) is 0 Å². The van der Waals surface area contributed by atoms with Crippen molar-refractivity contribution in [2.45, 2.75) is 38.5 Å². The number of carbonyl (C=O) groups excluding carboxylic acids is 1. The summed E-state index contributed by atoms with van der Waals surface area (Å²) in [6.45, 7) is 1.88. The van der Waals surface area contributed by atoms with E-state index in [0.717, 1.165) is 42.8 Å². The maximum Gasteiger partial charge on any atom is 0.237 e. The zero-order chi connectivity index (χ0) is 16.6. The van der Waals surface area contributed by atoms with Gasteiger partial charge in [-0.05, 0) is 49.1 Å². The van der Waals surface area contributed by atoms with Gasteiger partial charge < -0.3 is 15.4 Å². The summed E-state index contributed by atoms with van der Waals surface area (Å²) in [6.07, 6.45) is 4.78. The van der Waals surface area contributed by atoms with Crippen LogP contribution in [0.2, 0.25) is 0 Å². The monoisotopic (exact) mass is 325 g/mol. The van der Waals surface area contributed by atoms with Crippen molar-refractivity contribution in [3.05, 3.63) is 59.9 Å². The quantitative estimate of drug-likeness (QED) is 0.856. The number of nitrogens with one attached hydrogen (secondary N) is 2. The lowest BCUT2D eigenvalue weighted by Crippen LogP contribution is -2.42. The van der Waals surface area contributed by atoms with Crippen LogP contribution in [0.3, 0.4) is 0 Å². The molecule has 2 N–H and O–H groups in total. The molecule has 1 aromatic carbocycles. The Bertz CT molecular complexity index is 661. The number of benzene rings is 1. The van der Waals surface area contributed by atoms with E-state index in [9.17, 15) is 4.79 Å². The van der Waals surface area contributed by atoms with Crippen LogP contribution in [0, 0.1) is 0 Å². The number of aromatic nitrogens is 1. The number of ether oxygens (including phenoxy) is 1. The molecule has 0 unspecified atom stereocenters. The van der Waals surface area contributed by atoms with Crippen LogP contribution in [0.25, 0.3) is 0 Å². The molecule has 1 aromatic heterocycles. The van der Waals surface area contributed by atoms with Gasteiger partial charge in [-0.25, -0.2) is 0 Å². The van der Waals surface area contributed by atoms with Gasteiger partial charge in [-0.3, -0.25) is 9.78 Å². The standard InChI is InChI=1S/C19H23N3O2/c23-19-18(9-2-4-11-21-19)22-13-15-6-5-8-17(12-15)24-14-16-7-1-3-10-20-16/h1,3,5-8,10,12,18,22H,2,4,9,11,13-14H2,(H,21,23)/t18-/m1/s1. The summed E-state index contributed by atoms with van der Waals surface area (Å²) in [4.78, 5) is 16.2. The summed E-state index contributed by atoms with van der Waals surface area (Å²) in [5.74, 6) is 0.917. The Morgan fingerprint density at radius 1 is 1.21 bits per heavy atom. The van der Waals surface area contributed by atoms with Gasteiger partial charge in [0.05, 0.1) is 11.7 Å². The highest BCUT2D eigenvalue weighted by Crippen LogP contribution is 2.15. The molecule has 2 heterocycles. The third kappa shape index (κ3) is 4.80. The van der Waals surface area contributed by atoms with Gasteiger partial charge in [0.1, 0.15) is 12.4 Å². The maximum atomic E-state index is 12.0. The van der Waals surface area contributed by atoms with E-state index in [1.807, 2.05) is 42.5 Å². The number of hydrogen-bond acceptors (Lipinski definition) is 4. The second-order valence-electron chi connectivity index (χ2n) is 5.98. The first-order valence-electron chi connectivity index (χ1n) is 8.44. The van der Waals surface area contributed by atoms with E-state index in [1.54, 1.807) is 6.20 Å². The molecule has 1 amide bonds. The number of nitrogens with zero attached hydrogens (tertiary/aromatic N) is 1. The second-order valence-corrected chi connectivity index (χ2v) is 5.98. The minimum atomic E-state index is -0.106. The van der Waals surface area contributed by atoms with Crippen LogP contribution in [0.5, 0.6) is 5.75 Å². The minimum absolute atomic E-state index is 0.106.